The molecule has 23 heavy (non-hydrogen) atoms. The minimum atomic E-state index is -0.441. The van der Waals surface area contributed by atoms with Crippen molar-refractivity contribution in [3.8, 4) is 0 Å². The van der Waals surface area contributed by atoms with Crippen LogP contribution in [-0.2, 0) is 20.1 Å². The zero-order chi connectivity index (χ0) is 17.0. The molecule has 2 aromatic rings. The fraction of sp³-hybridized carbons (Fsp3) is 0.562. The number of quaternary nitrogens is 1. The van der Waals surface area contributed by atoms with E-state index < -0.39 is 11.2 Å². The standard InChI is InChI=1S/C16H25N5O2/c1-5-8-20(9-6-2)11-12-17-14-13(21(12)10-7-3)15(22)18-16(23)19(14)4/h7H,3,5-6,8-11H2,1-2,4H3,(H,18,22,23)/p+1. The van der Waals surface area contributed by atoms with Gasteiger partial charge in [0.25, 0.3) is 5.56 Å². The second-order valence-corrected chi connectivity index (χ2v) is 5.84. The van der Waals surface area contributed by atoms with Crippen molar-refractivity contribution in [2.45, 2.75) is 39.8 Å². The summed E-state index contributed by atoms with van der Waals surface area (Å²) < 4.78 is 3.26. The van der Waals surface area contributed by atoms with Crippen molar-refractivity contribution >= 4 is 11.2 Å². The van der Waals surface area contributed by atoms with Crippen molar-refractivity contribution in [3.63, 3.8) is 0 Å². The molecular formula is C16H26N5O2+. The fourth-order valence-electron chi connectivity index (χ4n) is 2.97. The maximum absolute atomic E-state index is 12.2. The van der Waals surface area contributed by atoms with Crippen LogP contribution >= 0.6 is 0 Å². The molecule has 2 N–H and O–H groups in total. The molecule has 0 radical (unpaired) electrons. The molecule has 2 rings (SSSR count). The molecule has 7 nitrogen and oxygen atoms in total. The summed E-state index contributed by atoms with van der Waals surface area (Å²) >= 11 is 0. The van der Waals surface area contributed by atoms with Crippen LogP contribution in [0, 0.1) is 0 Å². The molecule has 126 valence electrons. The van der Waals surface area contributed by atoms with Gasteiger partial charge in [0.05, 0.1) is 13.1 Å². The number of fused-ring (bicyclic) bond motifs is 1. The van der Waals surface area contributed by atoms with Gasteiger partial charge in [0.1, 0.15) is 6.54 Å². The number of allylic oxidation sites excluding steroid dienone is 1. The Kier molecular flexibility index (Phi) is 5.54. The fourth-order valence-corrected chi connectivity index (χ4v) is 2.97. The summed E-state index contributed by atoms with van der Waals surface area (Å²) in [6.45, 7) is 11.4. The monoisotopic (exact) mass is 320 g/mol. The quantitative estimate of drug-likeness (QED) is 0.662. The number of aromatic nitrogens is 4. The highest BCUT2D eigenvalue weighted by Crippen LogP contribution is 2.10. The van der Waals surface area contributed by atoms with E-state index in [-0.39, 0.29) is 0 Å². The van der Waals surface area contributed by atoms with Gasteiger partial charge in [0.15, 0.2) is 17.0 Å². The summed E-state index contributed by atoms with van der Waals surface area (Å²) in [4.78, 5) is 32.4. The molecule has 2 heterocycles. The van der Waals surface area contributed by atoms with Crippen LogP contribution in [0.2, 0.25) is 0 Å². The van der Waals surface area contributed by atoms with Crippen LogP contribution in [0.1, 0.15) is 32.5 Å². The summed E-state index contributed by atoms with van der Waals surface area (Å²) in [5.74, 6) is 0.823. The van der Waals surface area contributed by atoms with E-state index in [4.69, 9.17) is 0 Å². The maximum Gasteiger partial charge on any atom is 0.329 e. The molecule has 0 unspecified atom stereocenters. The second-order valence-electron chi connectivity index (χ2n) is 5.84. The molecule has 0 aliphatic heterocycles. The van der Waals surface area contributed by atoms with E-state index in [2.05, 4.69) is 30.4 Å². The number of rotatable bonds is 8. The van der Waals surface area contributed by atoms with E-state index in [1.54, 1.807) is 13.1 Å². The molecule has 0 bridgehead atoms. The zero-order valence-electron chi connectivity index (χ0n) is 14.2. The second kappa shape index (κ2) is 7.41. The van der Waals surface area contributed by atoms with E-state index in [1.165, 1.54) is 9.47 Å². The minimum Gasteiger partial charge on any atom is -0.329 e. The normalized spacial score (nSPS) is 11.5. The summed E-state index contributed by atoms with van der Waals surface area (Å²) in [6, 6.07) is 0. The number of hydrogen-bond donors (Lipinski definition) is 2. The van der Waals surface area contributed by atoms with Gasteiger partial charge in [-0.15, -0.1) is 6.58 Å². The van der Waals surface area contributed by atoms with Crippen molar-refractivity contribution in [2.24, 2.45) is 7.05 Å². The highest BCUT2D eigenvalue weighted by molar-refractivity contribution is 5.70. The molecule has 0 aliphatic carbocycles. The Morgan fingerprint density at radius 2 is 1.91 bits per heavy atom. The zero-order valence-corrected chi connectivity index (χ0v) is 14.2. The van der Waals surface area contributed by atoms with Gasteiger partial charge in [-0.25, -0.2) is 9.78 Å². The molecule has 0 atom stereocenters. The lowest BCUT2D eigenvalue weighted by atomic mass is 10.3. The summed E-state index contributed by atoms with van der Waals surface area (Å²) in [5.41, 5.74) is 0.0390. The lowest BCUT2D eigenvalue weighted by Gasteiger charge is -2.18. The predicted molar refractivity (Wildman–Crippen MR) is 90.8 cm³/mol. The van der Waals surface area contributed by atoms with E-state index in [1.807, 2.05) is 4.57 Å². The first-order valence-corrected chi connectivity index (χ1v) is 8.16. The Bertz CT molecular complexity index is 793. The first-order valence-electron chi connectivity index (χ1n) is 8.16. The average Bonchev–Trinajstić information content (AvgIpc) is 2.85. The largest absolute Gasteiger partial charge is 0.329 e. The number of aryl methyl sites for hydroxylation is 1. The third kappa shape index (κ3) is 3.44. The Morgan fingerprint density at radius 3 is 2.48 bits per heavy atom. The molecule has 0 saturated heterocycles. The third-order valence-electron chi connectivity index (χ3n) is 4.01. The smallest absolute Gasteiger partial charge is 0.329 e. The average molecular weight is 320 g/mol. The highest BCUT2D eigenvalue weighted by Gasteiger charge is 2.19. The molecule has 2 aromatic heterocycles. The predicted octanol–water partition coefficient (Wildman–Crippen LogP) is -0.186. The Balaban J connectivity index is 2.58. The van der Waals surface area contributed by atoms with Crippen LogP contribution < -0.4 is 16.1 Å². The molecule has 0 amide bonds. The van der Waals surface area contributed by atoms with Crippen molar-refractivity contribution in [1.82, 2.24) is 19.1 Å². The Morgan fingerprint density at radius 1 is 1.26 bits per heavy atom. The topological polar surface area (TPSA) is 77.1 Å². The van der Waals surface area contributed by atoms with Crippen molar-refractivity contribution in [2.75, 3.05) is 13.1 Å². The van der Waals surface area contributed by atoms with Gasteiger partial charge in [0.2, 0.25) is 0 Å². The molecular weight excluding hydrogens is 294 g/mol. The number of imidazole rings is 1. The minimum absolute atomic E-state index is 0.392. The van der Waals surface area contributed by atoms with E-state index in [0.29, 0.717) is 17.7 Å². The molecule has 0 spiro atoms. The number of hydrogen-bond acceptors (Lipinski definition) is 3. The van der Waals surface area contributed by atoms with Crippen LogP contribution in [0.25, 0.3) is 11.2 Å². The first-order chi connectivity index (χ1) is 11.0. The lowest BCUT2D eigenvalue weighted by molar-refractivity contribution is -0.914. The maximum atomic E-state index is 12.2. The van der Waals surface area contributed by atoms with Gasteiger partial charge < -0.3 is 9.47 Å². The van der Waals surface area contributed by atoms with Crippen molar-refractivity contribution in [1.29, 1.82) is 0 Å². The highest BCUT2D eigenvalue weighted by atomic mass is 16.2. The van der Waals surface area contributed by atoms with Gasteiger partial charge in [-0.1, -0.05) is 19.9 Å². The number of aromatic amines is 1. The molecule has 0 aliphatic rings. The molecule has 0 aromatic carbocycles. The van der Waals surface area contributed by atoms with E-state index in [9.17, 15) is 9.59 Å². The number of H-pyrrole nitrogens is 1. The SMILES string of the molecule is C=CCn1c(C[NH+](CCC)CCC)nc2c1c(=O)[nH]c(=O)n2C. The van der Waals surface area contributed by atoms with Crippen LogP contribution in [-0.4, -0.2) is 32.2 Å². The van der Waals surface area contributed by atoms with Crippen LogP contribution in [0.3, 0.4) is 0 Å². The molecule has 0 saturated carbocycles. The van der Waals surface area contributed by atoms with Gasteiger partial charge in [-0.2, -0.15) is 0 Å². The molecule has 0 fully saturated rings. The van der Waals surface area contributed by atoms with Gasteiger partial charge in [-0.3, -0.25) is 14.3 Å². The number of nitrogens with zero attached hydrogens (tertiary/aromatic N) is 3. The van der Waals surface area contributed by atoms with Gasteiger partial charge in [-0.05, 0) is 12.8 Å². The van der Waals surface area contributed by atoms with Crippen LogP contribution in [0.4, 0.5) is 0 Å². The van der Waals surface area contributed by atoms with Crippen LogP contribution in [0.15, 0.2) is 22.2 Å². The van der Waals surface area contributed by atoms with Crippen molar-refractivity contribution in [3.05, 3.63) is 39.3 Å². The number of nitrogens with one attached hydrogen (secondary N) is 2. The Hall–Kier alpha value is -2.15. The van der Waals surface area contributed by atoms with Gasteiger partial charge in [0, 0.05) is 13.6 Å². The van der Waals surface area contributed by atoms with E-state index in [0.717, 1.165) is 38.3 Å². The van der Waals surface area contributed by atoms with Gasteiger partial charge >= 0.3 is 5.69 Å². The summed E-state index contributed by atoms with van der Waals surface area (Å²) in [7, 11) is 1.62. The first kappa shape index (κ1) is 17.2. The molecule has 7 heteroatoms. The Labute approximate surface area is 135 Å². The summed E-state index contributed by atoms with van der Waals surface area (Å²) in [5, 5.41) is 0. The van der Waals surface area contributed by atoms with Crippen molar-refractivity contribution < 1.29 is 4.90 Å². The summed E-state index contributed by atoms with van der Waals surface area (Å²) in [6.07, 6.45) is 3.93. The van der Waals surface area contributed by atoms with Crippen LogP contribution in [0.5, 0.6) is 0 Å². The third-order valence-corrected chi connectivity index (χ3v) is 4.01. The van der Waals surface area contributed by atoms with E-state index >= 15 is 0 Å². The lowest BCUT2D eigenvalue weighted by Crippen LogP contribution is -3.10.